The Kier molecular flexibility index (Phi) is 2.47. The van der Waals surface area contributed by atoms with Crippen LogP contribution in [0.25, 0.3) is 0 Å². The quantitative estimate of drug-likeness (QED) is 0.827. The van der Waals surface area contributed by atoms with Gasteiger partial charge < -0.3 is 9.84 Å². The van der Waals surface area contributed by atoms with Crippen LogP contribution in [0.15, 0.2) is 16.8 Å². The molecular formula is C10H12N4O2. The van der Waals surface area contributed by atoms with Crippen LogP contribution >= 0.6 is 0 Å². The van der Waals surface area contributed by atoms with Crippen molar-refractivity contribution in [3.63, 3.8) is 0 Å². The van der Waals surface area contributed by atoms with Crippen LogP contribution in [0.3, 0.4) is 0 Å². The Bertz CT molecular complexity index is 507. The molecule has 2 heterocycles. The molecule has 0 fully saturated rings. The number of nitrogens with zero attached hydrogens (tertiary/aromatic N) is 3. The van der Waals surface area contributed by atoms with E-state index in [9.17, 15) is 4.79 Å². The fraction of sp³-hybridized carbons (Fsp3) is 0.300. The van der Waals surface area contributed by atoms with Crippen molar-refractivity contribution < 1.29 is 9.32 Å². The number of aryl methyl sites for hydroxylation is 3. The lowest BCUT2D eigenvalue weighted by atomic mass is 10.3. The van der Waals surface area contributed by atoms with Gasteiger partial charge in [-0.3, -0.25) is 9.48 Å². The highest BCUT2D eigenvalue weighted by molar-refractivity contribution is 6.03. The fourth-order valence-electron chi connectivity index (χ4n) is 1.38. The maximum atomic E-state index is 11.8. The molecule has 0 aliphatic heterocycles. The van der Waals surface area contributed by atoms with E-state index in [-0.39, 0.29) is 5.91 Å². The Labute approximate surface area is 92.2 Å². The SMILES string of the molecule is Cc1noc(C)c1NC(=O)c1ccn(C)n1. The molecule has 6 nitrogen and oxygen atoms in total. The van der Waals surface area contributed by atoms with Crippen molar-refractivity contribution in [1.82, 2.24) is 14.9 Å². The molecule has 2 aromatic rings. The molecule has 0 saturated carbocycles. The zero-order valence-electron chi connectivity index (χ0n) is 9.31. The summed E-state index contributed by atoms with van der Waals surface area (Å²) < 4.78 is 6.52. The lowest BCUT2D eigenvalue weighted by molar-refractivity contribution is 0.102. The van der Waals surface area contributed by atoms with E-state index in [4.69, 9.17) is 4.52 Å². The summed E-state index contributed by atoms with van der Waals surface area (Å²) >= 11 is 0. The first-order valence-corrected chi connectivity index (χ1v) is 4.82. The number of carbonyl (C=O) groups is 1. The van der Waals surface area contributed by atoms with Gasteiger partial charge in [0.25, 0.3) is 5.91 Å². The summed E-state index contributed by atoms with van der Waals surface area (Å²) in [7, 11) is 1.76. The molecule has 0 aliphatic rings. The Morgan fingerprint density at radius 3 is 2.75 bits per heavy atom. The third-order valence-electron chi connectivity index (χ3n) is 2.22. The van der Waals surface area contributed by atoms with Gasteiger partial charge >= 0.3 is 0 Å². The molecular weight excluding hydrogens is 208 g/mol. The Morgan fingerprint density at radius 2 is 2.25 bits per heavy atom. The smallest absolute Gasteiger partial charge is 0.276 e. The highest BCUT2D eigenvalue weighted by atomic mass is 16.5. The summed E-state index contributed by atoms with van der Waals surface area (Å²) in [6.45, 7) is 3.51. The topological polar surface area (TPSA) is 73.0 Å². The van der Waals surface area contributed by atoms with Gasteiger partial charge in [-0.05, 0) is 19.9 Å². The predicted molar refractivity (Wildman–Crippen MR) is 57.1 cm³/mol. The monoisotopic (exact) mass is 220 g/mol. The summed E-state index contributed by atoms with van der Waals surface area (Å²) in [6.07, 6.45) is 1.71. The zero-order chi connectivity index (χ0) is 11.7. The first-order chi connectivity index (χ1) is 7.58. The summed E-state index contributed by atoms with van der Waals surface area (Å²) in [4.78, 5) is 11.8. The minimum atomic E-state index is -0.269. The van der Waals surface area contributed by atoms with Crippen LogP contribution < -0.4 is 5.32 Å². The molecule has 1 N–H and O–H groups in total. The van der Waals surface area contributed by atoms with Gasteiger partial charge in [0.2, 0.25) is 0 Å². The maximum absolute atomic E-state index is 11.8. The second-order valence-corrected chi connectivity index (χ2v) is 3.53. The number of anilines is 1. The van der Waals surface area contributed by atoms with Crippen LogP contribution in [0.2, 0.25) is 0 Å². The molecule has 0 radical (unpaired) electrons. The normalized spacial score (nSPS) is 10.4. The van der Waals surface area contributed by atoms with Crippen LogP contribution in [0.4, 0.5) is 5.69 Å². The van der Waals surface area contributed by atoms with Crippen LogP contribution in [-0.2, 0) is 7.05 Å². The summed E-state index contributed by atoms with van der Waals surface area (Å²) in [6, 6.07) is 1.65. The lowest BCUT2D eigenvalue weighted by Gasteiger charge is -2.00. The molecule has 84 valence electrons. The summed E-state index contributed by atoms with van der Waals surface area (Å²) in [5.74, 6) is 0.316. The molecule has 0 saturated heterocycles. The number of carbonyl (C=O) groups excluding carboxylic acids is 1. The molecule has 0 bridgehead atoms. The number of aromatic nitrogens is 3. The number of hydrogen-bond donors (Lipinski definition) is 1. The van der Waals surface area contributed by atoms with Crippen molar-refractivity contribution in [3.05, 3.63) is 29.4 Å². The number of rotatable bonds is 2. The first-order valence-electron chi connectivity index (χ1n) is 4.82. The Hall–Kier alpha value is -2.11. The second-order valence-electron chi connectivity index (χ2n) is 3.53. The Balaban J connectivity index is 2.20. The van der Waals surface area contributed by atoms with E-state index in [0.717, 1.165) is 0 Å². The molecule has 1 amide bonds. The van der Waals surface area contributed by atoms with Crippen LogP contribution in [-0.4, -0.2) is 20.8 Å². The van der Waals surface area contributed by atoms with E-state index in [1.807, 2.05) is 0 Å². The van der Waals surface area contributed by atoms with Crippen LogP contribution in [0.5, 0.6) is 0 Å². The van der Waals surface area contributed by atoms with Gasteiger partial charge in [-0.1, -0.05) is 5.16 Å². The average Bonchev–Trinajstić information content (AvgIpc) is 2.79. The van der Waals surface area contributed by atoms with Crippen molar-refractivity contribution >= 4 is 11.6 Å². The van der Waals surface area contributed by atoms with Gasteiger partial charge in [-0.15, -0.1) is 0 Å². The predicted octanol–water partition coefficient (Wildman–Crippen LogP) is 1.28. The van der Waals surface area contributed by atoms with E-state index in [2.05, 4.69) is 15.6 Å². The maximum Gasteiger partial charge on any atom is 0.276 e. The van der Waals surface area contributed by atoms with E-state index < -0.39 is 0 Å². The van der Waals surface area contributed by atoms with Gasteiger partial charge in [0.1, 0.15) is 11.4 Å². The van der Waals surface area contributed by atoms with Crippen LogP contribution in [0.1, 0.15) is 21.9 Å². The molecule has 0 atom stereocenters. The summed E-state index contributed by atoms with van der Waals surface area (Å²) in [5, 5.41) is 10.5. The third kappa shape index (κ3) is 1.81. The van der Waals surface area contributed by atoms with Gasteiger partial charge in [0, 0.05) is 13.2 Å². The zero-order valence-corrected chi connectivity index (χ0v) is 9.31. The van der Waals surface area contributed by atoms with Gasteiger partial charge in [-0.2, -0.15) is 5.10 Å². The van der Waals surface area contributed by atoms with Crippen molar-refractivity contribution in [1.29, 1.82) is 0 Å². The van der Waals surface area contributed by atoms with Crippen LogP contribution in [0, 0.1) is 13.8 Å². The molecule has 16 heavy (non-hydrogen) atoms. The second kappa shape index (κ2) is 3.80. The minimum absolute atomic E-state index is 0.269. The molecule has 2 aromatic heterocycles. The van der Waals surface area contributed by atoms with E-state index in [1.165, 1.54) is 0 Å². The third-order valence-corrected chi connectivity index (χ3v) is 2.22. The van der Waals surface area contributed by atoms with Crippen molar-refractivity contribution in [2.24, 2.45) is 7.05 Å². The average molecular weight is 220 g/mol. The summed E-state index contributed by atoms with van der Waals surface area (Å²) in [5.41, 5.74) is 1.62. The fourth-order valence-corrected chi connectivity index (χ4v) is 1.38. The molecule has 2 rings (SSSR count). The number of amides is 1. The standard InChI is InChI=1S/C10H12N4O2/c1-6-9(7(2)16-13-6)11-10(15)8-4-5-14(3)12-8/h4-5H,1-3H3,(H,11,15). The number of nitrogens with one attached hydrogen (secondary N) is 1. The largest absolute Gasteiger partial charge is 0.359 e. The first kappa shape index (κ1) is 10.4. The molecule has 0 aromatic carbocycles. The minimum Gasteiger partial charge on any atom is -0.359 e. The Morgan fingerprint density at radius 1 is 1.50 bits per heavy atom. The van der Waals surface area contributed by atoms with E-state index in [1.54, 1.807) is 37.8 Å². The van der Waals surface area contributed by atoms with Crippen molar-refractivity contribution in [2.75, 3.05) is 5.32 Å². The van der Waals surface area contributed by atoms with Crippen molar-refractivity contribution in [2.45, 2.75) is 13.8 Å². The highest BCUT2D eigenvalue weighted by Gasteiger charge is 2.15. The van der Waals surface area contributed by atoms with E-state index >= 15 is 0 Å². The number of hydrogen-bond acceptors (Lipinski definition) is 4. The van der Waals surface area contributed by atoms with Gasteiger partial charge in [-0.25, -0.2) is 0 Å². The van der Waals surface area contributed by atoms with E-state index in [0.29, 0.717) is 22.8 Å². The molecule has 6 heteroatoms. The molecule has 0 aliphatic carbocycles. The molecule has 0 unspecified atom stereocenters. The highest BCUT2D eigenvalue weighted by Crippen LogP contribution is 2.19. The van der Waals surface area contributed by atoms with Crippen molar-refractivity contribution in [3.8, 4) is 0 Å². The van der Waals surface area contributed by atoms with Gasteiger partial charge in [0.15, 0.2) is 11.5 Å². The molecule has 0 spiro atoms. The van der Waals surface area contributed by atoms with Gasteiger partial charge in [0.05, 0.1) is 0 Å². The lowest BCUT2D eigenvalue weighted by Crippen LogP contribution is -2.13.